The predicted octanol–water partition coefficient (Wildman–Crippen LogP) is 2.42. The molecule has 0 spiro atoms. The van der Waals surface area contributed by atoms with Gasteiger partial charge in [-0.15, -0.1) is 0 Å². The molecule has 1 fully saturated rings. The Morgan fingerprint density at radius 1 is 1.17 bits per heavy atom. The summed E-state index contributed by atoms with van der Waals surface area (Å²) in [6.45, 7) is 2.26. The fourth-order valence-corrected chi connectivity index (χ4v) is 2.69. The first-order valence-electron chi connectivity index (χ1n) is 6.62. The topological polar surface area (TPSA) is 28.2 Å². The predicted molar refractivity (Wildman–Crippen MR) is 76.0 cm³/mol. The smallest absolute Gasteiger partial charge is 0.0372 e. The molecule has 2 aromatic rings. The van der Waals surface area contributed by atoms with Crippen molar-refractivity contribution < 1.29 is 0 Å². The van der Waals surface area contributed by atoms with Gasteiger partial charge < -0.3 is 10.2 Å². The van der Waals surface area contributed by atoms with Gasteiger partial charge in [-0.1, -0.05) is 6.07 Å². The van der Waals surface area contributed by atoms with Crippen LogP contribution in [-0.2, 0) is 0 Å². The molecule has 18 heavy (non-hydrogen) atoms. The standard InChI is InChI=1S/C15H19N3/c1-18(14-5-8-16-9-6-14)15-3-2-13-11-17-7-4-12(13)10-15/h2-4,7,10-11,14,16H,5-6,8-9H2,1H3. The molecule has 0 amide bonds. The third kappa shape index (κ3) is 2.18. The Hall–Kier alpha value is -1.61. The number of benzene rings is 1. The Balaban J connectivity index is 1.88. The highest BCUT2D eigenvalue weighted by Crippen LogP contribution is 2.24. The van der Waals surface area contributed by atoms with Crippen molar-refractivity contribution in [3.05, 3.63) is 36.7 Å². The number of nitrogens with one attached hydrogen (secondary N) is 1. The van der Waals surface area contributed by atoms with Crippen LogP contribution in [0.2, 0.25) is 0 Å². The highest BCUT2D eigenvalue weighted by Gasteiger charge is 2.17. The number of aromatic nitrogens is 1. The Kier molecular flexibility index (Phi) is 3.15. The van der Waals surface area contributed by atoms with E-state index in [0.29, 0.717) is 6.04 Å². The van der Waals surface area contributed by atoms with Crippen LogP contribution >= 0.6 is 0 Å². The number of anilines is 1. The van der Waals surface area contributed by atoms with Crippen LogP contribution in [0.1, 0.15) is 12.8 Å². The maximum Gasteiger partial charge on any atom is 0.0372 e. The number of fused-ring (bicyclic) bond motifs is 1. The van der Waals surface area contributed by atoms with Gasteiger partial charge in [0.1, 0.15) is 0 Å². The molecule has 0 bridgehead atoms. The molecule has 1 N–H and O–H groups in total. The van der Waals surface area contributed by atoms with Crippen LogP contribution in [0.3, 0.4) is 0 Å². The second-order valence-electron chi connectivity index (χ2n) is 5.00. The number of hydrogen-bond donors (Lipinski definition) is 1. The van der Waals surface area contributed by atoms with E-state index in [1.165, 1.54) is 29.3 Å². The van der Waals surface area contributed by atoms with Crippen molar-refractivity contribution in [3.63, 3.8) is 0 Å². The molecular weight excluding hydrogens is 222 g/mol. The molecule has 1 saturated heterocycles. The molecule has 3 rings (SSSR count). The third-order valence-electron chi connectivity index (χ3n) is 3.89. The normalized spacial score (nSPS) is 16.9. The van der Waals surface area contributed by atoms with Gasteiger partial charge in [0.05, 0.1) is 0 Å². The van der Waals surface area contributed by atoms with E-state index < -0.39 is 0 Å². The highest BCUT2D eigenvalue weighted by molar-refractivity contribution is 5.85. The summed E-state index contributed by atoms with van der Waals surface area (Å²) in [5, 5.41) is 5.89. The average molecular weight is 241 g/mol. The van der Waals surface area contributed by atoms with Crippen molar-refractivity contribution in [2.75, 3.05) is 25.0 Å². The van der Waals surface area contributed by atoms with Crippen LogP contribution in [-0.4, -0.2) is 31.2 Å². The van der Waals surface area contributed by atoms with Crippen LogP contribution in [0, 0.1) is 0 Å². The van der Waals surface area contributed by atoms with Crippen molar-refractivity contribution in [3.8, 4) is 0 Å². The molecule has 1 aliphatic heterocycles. The van der Waals surface area contributed by atoms with E-state index in [4.69, 9.17) is 0 Å². The summed E-state index contributed by atoms with van der Waals surface area (Å²) in [5.74, 6) is 0. The van der Waals surface area contributed by atoms with E-state index in [-0.39, 0.29) is 0 Å². The van der Waals surface area contributed by atoms with Gasteiger partial charge in [0.2, 0.25) is 0 Å². The third-order valence-corrected chi connectivity index (χ3v) is 3.89. The largest absolute Gasteiger partial charge is 0.371 e. The van der Waals surface area contributed by atoms with Gasteiger partial charge in [-0.25, -0.2) is 0 Å². The zero-order chi connectivity index (χ0) is 12.4. The van der Waals surface area contributed by atoms with Crippen LogP contribution in [0.5, 0.6) is 0 Å². The second-order valence-corrected chi connectivity index (χ2v) is 5.00. The number of pyridine rings is 1. The molecule has 0 aliphatic carbocycles. The van der Waals surface area contributed by atoms with Crippen LogP contribution in [0.25, 0.3) is 10.8 Å². The molecule has 1 aromatic heterocycles. The van der Waals surface area contributed by atoms with Crippen LogP contribution in [0.15, 0.2) is 36.7 Å². The van der Waals surface area contributed by atoms with E-state index in [1.54, 1.807) is 0 Å². The van der Waals surface area contributed by atoms with Crippen molar-refractivity contribution in [2.24, 2.45) is 0 Å². The summed E-state index contributed by atoms with van der Waals surface area (Å²) in [5.41, 5.74) is 1.31. The molecule has 3 nitrogen and oxygen atoms in total. The molecular formula is C15H19N3. The van der Waals surface area contributed by atoms with Crippen molar-refractivity contribution in [1.29, 1.82) is 0 Å². The number of hydrogen-bond acceptors (Lipinski definition) is 3. The van der Waals surface area contributed by atoms with E-state index in [0.717, 1.165) is 13.1 Å². The van der Waals surface area contributed by atoms with Gasteiger partial charge in [-0.05, 0) is 49.5 Å². The maximum absolute atomic E-state index is 4.16. The van der Waals surface area contributed by atoms with Gasteiger partial charge in [0.25, 0.3) is 0 Å². The first kappa shape index (κ1) is 11.5. The minimum atomic E-state index is 0.658. The van der Waals surface area contributed by atoms with E-state index in [9.17, 15) is 0 Å². The zero-order valence-corrected chi connectivity index (χ0v) is 10.8. The first-order chi connectivity index (χ1) is 8.84. The Morgan fingerprint density at radius 3 is 2.83 bits per heavy atom. The van der Waals surface area contributed by atoms with E-state index in [1.807, 2.05) is 12.4 Å². The van der Waals surface area contributed by atoms with Gasteiger partial charge in [0.15, 0.2) is 0 Å². The molecule has 3 heteroatoms. The first-order valence-corrected chi connectivity index (χ1v) is 6.62. The molecule has 2 heterocycles. The minimum absolute atomic E-state index is 0.658. The minimum Gasteiger partial charge on any atom is -0.371 e. The number of nitrogens with zero attached hydrogens (tertiary/aromatic N) is 2. The van der Waals surface area contributed by atoms with Gasteiger partial charge >= 0.3 is 0 Å². The van der Waals surface area contributed by atoms with E-state index >= 15 is 0 Å². The SMILES string of the molecule is CN(c1ccc2cnccc2c1)C1CCNCC1. The summed E-state index contributed by atoms with van der Waals surface area (Å²) >= 11 is 0. The number of rotatable bonds is 2. The molecule has 0 atom stereocenters. The van der Waals surface area contributed by atoms with Crippen LogP contribution < -0.4 is 10.2 Å². The summed E-state index contributed by atoms with van der Waals surface area (Å²) in [6, 6.07) is 9.36. The Morgan fingerprint density at radius 2 is 2.00 bits per heavy atom. The van der Waals surface area contributed by atoms with Crippen molar-refractivity contribution >= 4 is 16.5 Å². The molecule has 0 saturated carbocycles. The zero-order valence-electron chi connectivity index (χ0n) is 10.8. The molecule has 1 aliphatic rings. The second kappa shape index (κ2) is 4.94. The lowest BCUT2D eigenvalue weighted by Crippen LogP contribution is -2.41. The van der Waals surface area contributed by atoms with Gasteiger partial charge in [-0.2, -0.15) is 0 Å². The molecule has 0 unspecified atom stereocenters. The lowest BCUT2D eigenvalue weighted by atomic mass is 10.0. The Bertz CT molecular complexity index is 532. The average Bonchev–Trinajstić information content (AvgIpc) is 2.47. The van der Waals surface area contributed by atoms with Crippen molar-refractivity contribution in [2.45, 2.75) is 18.9 Å². The number of piperidine rings is 1. The lowest BCUT2D eigenvalue weighted by molar-refractivity contribution is 0.443. The molecule has 0 radical (unpaired) electrons. The fourth-order valence-electron chi connectivity index (χ4n) is 2.69. The summed E-state index contributed by atoms with van der Waals surface area (Å²) in [7, 11) is 2.21. The summed E-state index contributed by atoms with van der Waals surface area (Å²) in [6.07, 6.45) is 6.23. The lowest BCUT2D eigenvalue weighted by Gasteiger charge is -2.33. The van der Waals surface area contributed by atoms with Gasteiger partial charge in [-0.3, -0.25) is 4.98 Å². The van der Waals surface area contributed by atoms with Gasteiger partial charge in [0, 0.05) is 36.6 Å². The maximum atomic E-state index is 4.16. The fraction of sp³-hybridized carbons (Fsp3) is 0.400. The molecule has 1 aromatic carbocycles. The highest BCUT2D eigenvalue weighted by atomic mass is 15.1. The monoisotopic (exact) mass is 241 g/mol. The van der Waals surface area contributed by atoms with Crippen LogP contribution in [0.4, 0.5) is 5.69 Å². The Labute approximate surface area is 108 Å². The summed E-state index contributed by atoms with van der Waals surface area (Å²) < 4.78 is 0. The van der Waals surface area contributed by atoms with E-state index in [2.05, 4.69) is 46.5 Å². The van der Waals surface area contributed by atoms with Crippen molar-refractivity contribution in [1.82, 2.24) is 10.3 Å². The molecule has 94 valence electrons. The quantitative estimate of drug-likeness (QED) is 0.875. The summed E-state index contributed by atoms with van der Waals surface area (Å²) in [4.78, 5) is 6.57.